The largest absolute Gasteiger partial charge is 0.452 e. The van der Waals surface area contributed by atoms with Crippen LogP contribution in [0.5, 0.6) is 0 Å². The Hall–Kier alpha value is -1.68. The number of rotatable bonds is 8. The van der Waals surface area contributed by atoms with Crippen LogP contribution in [-0.4, -0.2) is 52.2 Å². The van der Waals surface area contributed by atoms with Crippen LogP contribution in [0.25, 0.3) is 0 Å². The lowest BCUT2D eigenvalue weighted by Crippen LogP contribution is -2.32. The van der Waals surface area contributed by atoms with Crippen molar-refractivity contribution in [3.8, 4) is 0 Å². The molecular weight excluding hydrogens is 396 g/mol. The molecule has 1 aromatic carbocycles. The Morgan fingerprint density at radius 2 is 2.04 bits per heavy atom. The van der Waals surface area contributed by atoms with Crippen molar-refractivity contribution in [2.24, 2.45) is 0 Å². The Morgan fingerprint density at radius 3 is 2.70 bits per heavy atom. The summed E-state index contributed by atoms with van der Waals surface area (Å²) in [6, 6.07) is 3.96. The summed E-state index contributed by atoms with van der Waals surface area (Å²) < 4.78 is 37.8. The van der Waals surface area contributed by atoms with Crippen LogP contribution < -0.4 is 10.0 Å². The third-order valence-corrected chi connectivity index (χ3v) is 6.16. The van der Waals surface area contributed by atoms with E-state index in [0.717, 1.165) is 31.7 Å². The van der Waals surface area contributed by atoms with Crippen LogP contribution in [0, 0.1) is 0 Å². The van der Waals surface area contributed by atoms with Crippen molar-refractivity contribution in [1.29, 1.82) is 0 Å². The summed E-state index contributed by atoms with van der Waals surface area (Å²) >= 11 is 6.01. The van der Waals surface area contributed by atoms with Crippen LogP contribution in [0.15, 0.2) is 23.1 Å². The summed E-state index contributed by atoms with van der Waals surface area (Å²) in [5, 5.41) is 2.68. The van der Waals surface area contributed by atoms with Gasteiger partial charge in [-0.05, 0) is 43.9 Å². The van der Waals surface area contributed by atoms with Crippen LogP contribution in [0.1, 0.15) is 36.0 Å². The van der Waals surface area contributed by atoms with E-state index in [2.05, 4.69) is 10.0 Å². The van der Waals surface area contributed by atoms with Crippen molar-refractivity contribution in [3.63, 3.8) is 0 Å². The monoisotopic (exact) mass is 416 g/mol. The number of amides is 1. The molecule has 0 spiro atoms. The fourth-order valence-corrected chi connectivity index (χ4v) is 4.22. The summed E-state index contributed by atoms with van der Waals surface area (Å²) in [6.07, 6.45) is 3.36. The SMILES string of the molecule is O=C(COC(=O)c1ccc(Cl)c(S(=O)(=O)NC[C@@H]2CCCO2)c1)NC1CC1. The Morgan fingerprint density at radius 1 is 1.26 bits per heavy atom. The molecule has 1 aliphatic heterocycles. The molecule has 8 nitrogen and oxygen atoms in total. The fraction of sp³-hybridized carbons (Fsp3) is 0.529. The standard InChI is InChI=1S/C17H21ClN2O6S/c18-14-6-3-11(17(22)26-10-16(21)20-12-4-5-12)8-15(14)27(23,24)19-9-13-2-1-7-25-13/h3,6,8,12-13,19H,1-2,4-5,7,9-10H2,(H,20,21)/t13-/m0/s1. The molecule has 1 atom stereocenters. The van der Waals surface area contributed by atoms with Gasteiger partial charge in [-0.3, -0.25) is 4.79 Å². The fourth-order valence-electron chi connectivity index (χ4n) is 2.63. The number of sulfonamides is 1. The zero-order valence-electron chi connectivity index (χ0n) is 14.6. The van der Waals surface area contributed by atoms with E-state index in [4.69, 9.17) is 21.1 Å². The summed E-state index contributed by atoms with van der Waals surface area (Å²) in [4.78, 5) is 23.5. The summed E-state index contributed by atoms with van der Waals surface area (Å²) in [6.45, 7) is 0.328. The third kappa shape index (κ3) is 5.65. The molecule has 1 heterocycles. The number of esters is 1. The lowest BCUT2D eigenvalue weighted by Gasteiger charge is -2.13. The second kappa shape index (κ2) is 8.55. The molecule has 0 radical (unpaired) electrons. The molecule has 0 unspecified atom stereocenters. The first-order chi connectivity index (χ1) is 12.8. The number of carbonyl (C=O) groups is 2. The van der Waals surface area contributed by atoms with Gasteiger partial charge in [0.25, 0.3) is 5.91 Å². The van der Waals surface area contributed by atoms with E-state index in [1.54, 1.807) is 0 Å². The molecule has 3 rings (SSSR count). The molecule has 0 aromatic heterocycles. The van der Waals surface area contributed by atoms with Crippen molar-refractivity contribution >= 4 is 33.5 Å². The number of nitrogens with one attached hydrogen (secondary N) is 2. The molecule has 2 fully saturated rings. The van der Waals surface area contributed by atoms with E-state index >= 15 is 0 Å². The minimum absolute atomic E-state index is 0.00360. The van der Waals surface area contributed by atoms with Crippen molar-refractivity contribution in [2.75, 3.05) is 19.8 Å². The molecule has 2 aliphatic rings. The lowest BCUT2D eigenvalue weighted by molar-refractivity contribution is -0.124. The van der Waals surface area contributed by atoms with Crippen LogP contribution in [0.3, 0.4) is 0 Å². The number of halogens is 1. The van der Waals surface area contributed by atoms with Gasteiger partial charge in [-0.1, -0.05) is 11.6 Å². The molecule has 1 aromatic rings. The molecule has 1 saturated heterocycles. The van der Waals surface area contributed by atoms with E-state index in [-0.39, 0.29) is 40.1 Å². The average molecular weight is 417 g/mol. The third-order valence-electron chi connectivity index (χ3n) is 4.26. The minimum Gasteiger partial charge on any atom is -0.452 e. The zero-order valence-corrected chi connectivity index (χ0v) is 16.1. The molecule has 1 aliphatic carbocycles. The van der Waals surface area contributed by atoms with E-state index in [9.17, 15) is 18.0 Å². The minimum atomic E-state index is -3.92. The number of hydrogen-bond donors (Lipinski definition) is 2. The van der Waals surface area contributed by atoms with Crippen molar-refractivity contribution in [3.05, 3.63) is 28.8 Å². The number of ether oxygens (including phenoxy) is 2. The number of hydrogen-bond acceptors (Lipinski definition) is 6. The van der Waals surface area contributed by atoms with Gasteiger partial charge in [0, 0.05) is 19.2 Å². The van der Waals surface area contributed by atoms with Gasteiger partial charge in [0.2, 0.25) is 10.0 Å². The smallest absolute Gasteiger partial charge is 0.338 e. The zero-order chi connectivity index (χ0) is 19.4. The first-order valence-corrected chi connectivity index (χ1v) is 10.6. The molecule has 0 bridgehead atoms. The highest BCUT2D eigenvalue weighted by Gasteiger charge is 2.25. The summed E-state index contributed by atoms with van der Waals surface area (Å²) in [5.41, 5.74) is -0.00360. The van der Waals surface area contributed by atoms with Gasteiger partial charge in [0.1, 0.15) is 4.90 Å². The molecule has 148 valence electrons. The predicted octanol–water partition coefficient (Wildman–Crippen LogP) is 1.23. The molecule has 1 saturated carbocycles. The summed E-state index contributed by atoms with van der Waals surface area (Å²) in [5.74, 6) is -1.18. The number of carbonyl (C=O) groups excluding carboxylic acids is 2. The first-order valence-electron chi connectivity index (χ1n) is 8.72. The Kier molecular flexibility index (Phi) is 6.36. The van der Waals surface area contributed by atoms with E-state index in [1.807, 2.05) is 0 Å². The predicted molar refractivity (Wildman–Crippen MR) is 97.1 cm³/mol. The van der Waals surface area contributed by atoms with Gasteiger partial charge >= 0.3 is 5.97 Å². The second-order valence-corrected chi connectivity index (χ2v) is 8.69. The normalized spacial score (nSPS) is 19.7. The van der Waals surface area contributed by atoms with Gasteiger partial charge in [0.05, 0.1) is 16.7 Å². The number of benzene rings is 1. The second-order valence-electron chi connectivity index (χ2n) is 6.55. The van der Waals surface area contributed by atoms with Gasteiger partial charge < -0.3 is 14.8 Å². The molecular formula is C17H21ClN2O6S. The molecule has 10 heteroatoms. The van der Waals surface area contributed by atoms with Crippen molar-refractivity contribution in [1.82, 2.24) is 10.0 Å². The van der Waals surface area contributed by atoms with Crippen molar-refractivity contribution in [2.45, 2.75) is 42.7 Å². The highest BCUT2D eigenvalue weighted by Crippen LogP contribution is 2.23. The topological polar surface area (TPSA) is 111 Å². The average Bonchev–Trinajstić information content (AvgIpc) is 3.28. The Labute approximate surface area is 162 Å². The highest BCUT2D eigenvalue weighted by atomic mass is 35.5. The van der Waals surface area contributed by atoms with Crippen LogP contribution in [0.4, 0.5) is 0 Å². The van der Waals surface area contributed by atoms with Gasteiger partial charge in [-0.15, -0.1) is 0 Å². The van der Waals surface area contributed by atoms with Crippen LogP contribution in [-0.2, 0) is 24.3 Å². The summed E-state index contributed by atoms with van der Waals surface area (Å²) in [7, 11) is -3.92. The first kappa shape index (κ1) is 20.1. The Balaban J connectivity index is 1.63. The highest BCUT2D eigenvalue weighted by molar-refractivity contribution is 7.89. The van der Waals surface area contributed by atoms with Gasteiger partial charge in [0.15, 0.2) is 6.61 Å². The maximum absolute atomic E-state index is 12.5. The molecule has 1 amide bonds. The Bertz CT molecular complexity index is 819. The van der Waals surface area contributed by atoms with Crippen molar-refractivity contribution < 1.29 is 27.5 Å². The van der Waals surface area contributed by atoms with Gasteiger partial charge in [-0.2, -0.15) is 0 Å². The van der Waals surface area contributed by atoms with Crippen LogP contribution in [0.2, 0.25) is 5.02 Å². The molecule has 27 heavy (non-hydrogen) atoms. The quantitative estimate of drug-likeness (QED) is 0.617. The lowest BCUT2D eigenvalue weighted by atomic mass is 10.2. The van der Waals surface area contributed by atoms with E-state index < -0.39 is 22.6 Å². The van der Waals surface area contributed by atoms with Crippen LogP contribution >= 0.6 is 11.6 Å². The maximum Gasteiger partial charge on any atom is 0.338 e. The van der Waals surface area contributed by atoms with E-state index in [1.165, 1.54) is 12.1 Å². The maximum atomic E-state index is 12.5. The van der Waals surface area contributed by atoms with E-state index in [0.29, 0.717) is 6.61 Å². The van der Waals surface area contributed by atoms with Gasteiger partial charge in [-0.25, -0.2) is 17.9 Å². The molecule has 2 N–H and O–H groups in total.